The van der Waals surface area contributed by atoms with Gasteiger partial charge in [-0.15, -0.1) is 0 Å². The minimum atomic E-state index is -0.343. The number of hydrogen-bond acceptors (Lipinski definition) is 5. The second-order valence-corrected chi connectivity index (χ2v) is 6.66. The smallest absolute Gasteiger partial charge is 0.271 e. The van der Waals surface area contributed by atoms with Crippen molar-refractivity contribution in [3.05, 3.63) is 89.5 Å². The van der Waals surface area contributed by atoms with E-state index in [0.717, 1.165) is 22.6 Å². The fraction of sp³-hybridized carbons (Fsp3) is 0.125. The van der Waals surface area contributed by atoms with Crippen molar-refractivity contribution in [1.82, 2.24) is 5.43 Å². The standard InChI is InChI=1S/C24H23N3O4/c1-17(28)26-21-9-7-20(8-10-21)24(29)27-25-15-18-3-13-23(14-4-18)31-16-19-5-11-22(30-2)12-6-19/h3-15H,16H2,1-2H3,(H,26,28)(H,27,29). The summed E-state index contributed by atoms with van der Waals surface area (Å²) in [5.41, 5.74) is 5.40. The number of rotatable bonds is 8. The topological polar surface area (TPSA) is 89.0 Å². The Bertz CT molecular complexity index is 1040. The van der Waals surface area contributed by atoms with Crippen LogP contribution in [0.5, 0.6) is 11.5 Å². The van der Waals surface area contributed by atoms with Gasteiger partial charge in [0.15, 0.2) is 0 Å². The molecule has 7 nitrogen and oxygen atoms in total. The summed E-state index contributed by atoms with van der Waals surface area (Å²) in [6.07, 6.45) is 1.55. The number of hydrogen-bond donors (Lipinski definition) is 2. The van der Waals surface area contributed by atoms with E-state index in [1.165, 1.54) is 6.92 Å². The van der Waals surface area contributed by atoms with Gasteiger partial charge in [0.1, 0.15) is 18.1 Å². The van der Waals surface area contributed by atoms with E-state index in [9.17, 15) is 9.59 Å². The van der Waals surface area contributed by atoms with Gasteiger partial charge in [0.2, 0.25) is 5.91 Å². The van der Waals surface area contributed by atoms with Gasteiger partial charge in [-0.2, -0.15) is 5.10 Å². The molecule has 3 rings (SSSR count). The molecule has 0 saturated heterocycles. The molecule has 0 aliphatic heterocycles. The van der Waals surface area contributed by atoms with E-state index in [0.29, 0.717) is 17.9 Å². The molecular formula is C24H23N3O4. The predicted molar refractivity (Wildman–Crippen MR) is 120 cm³/mol. The van der Waals surface area contributed by atoms with E-state index in [-0.39, 0.29) is 11.8 Å². The summed E-state index contributed by atoms with van der Waals surface area (Å²) in [6, 6.07) is 21.6. The zero-order valence-electron chi connectivity index (χ0n) is 17.3. The number of carbonyl (C=O) groups excluding carboxylic acids is 2. The maximum Gasteiger partial charge on any atom is 0.271 e. The van der Waals surface area contributed by atoms with Crippen molar-refractivity contribution in [3.63, 3.8) is 0 Å². The molecule has 0 fully saturated rings. The lowest BCUT2D eigenvalue weighted by Crippen LogP contribution is -2.17. The first-order chi connectivity index (χ1) is 15.0. The molecule has 0 aromatic heterocycles. The molecule has 2 amide bonds. The molecule has 3 aromatic rings. The molecule has 0 bridgehead atoms. The molecule has 0 radical (unpaired) electrons. The van der Waals surface area contributed by atoms with Crippen LogP contribution in [-0.4, -0.2) is 25.1 Å². The Kier molecular flexibility index (Phi) is 7.37. The number of ether oxygens (including phenoxy) is 2. The minimum absolute atomic E-state index is 0.168. The minimum Gasteiger partial charge on any atom is -0.497 e. The molecule has 0 heterocycles. The molecule has 0 aliphatic carbocycles. The van der Waals surface area contributed by atoms with Gasteiger partial charge in [-0.3, -0.25) is 9.59 Å². The monoisotopic (exact) mass is 417 g/mol. The summed E-state index contributed by atoms with van der Waals surface area (Å²) < 4.78 is 10.9. The Hall–Kier alpha value is -4.13. The summed E-state index contributed by atoms with van der Waals surface area (Å²) in [4.78, 5) is 23.2. The van der Waals surface area contributed by atoms with E-state index < -0.39 is 0 Å². The van der Waals surface area contributed by atoms with E-state index in [4.69, 9.17) is 9.47 Å². The number of carbonyl (C=O) groups is 2. The Balaban J connectivity index is 1.48. The number of nitrogens with zero attached hydrogens (tertiary/aromatic N) is 1. The Morgan fingerprint density at radius 3 is 2.16 bits per heavy atom. The highest BCUT2D eigenvalue weighted by atomic mass is 16.5. The number of methoxy groups -OCH3 is 1. The zero-order chi connectivity index (χ0) is 22.1. The van der Waals surface area contributed by atoms with Crippen molar-refractivity contribution in [1.29, 1.82) is 0 Å². The maximum atomic E-state index is 12.1. The number of anilines is 1. The summed E-state index contributed by atoms with van der Waals surface area (Å²) in [5.74, 6) is 1.03. The lowest BCUT2D eigenvalue weighted by molar-refractivity contribution is -0.114. The van der Waals surface area contributed by atoms with Gasteiger partial charge in [0.25, 0.3) is 5.91 Å². The van der Waals surface area contributed by atoms with Crippen LogP contribution >= 0.6 is 0 Å². The van der Waals surface area contributed by atoms with Gasteiger partial charge in [0, 0.05) is 18.2 Å². The molecule has 2 N–H and O–H groups in total. The maximum absolute atomic E-state index is 12.1. The summed E-state index contributed by atoms with van der Waals surface area (Å²) >= 11 is 0. The zero-order valence-corrected chi connectivity index (χ0v) is 17.3. The second-order valence-electron chi connectivity index (χ2n) is 6.66. The van der Waals surface area contributed by atoms with Crippen LogP contribution < -0.4 is 20.2 Å². The van der Waals surface area contributed by atoms with Crippen LogP contribution in [0.1, 0.15) is 28.4 Å². The molecule has 0 aliphatic rings. The van der Waals surface area contributed by atoms with Crippen LogP contribution in [0.25, 0.3) is 0 Å². The first-order valence-electron chi connectivity index (χ1n) is 9.60. The molecule has 0 spiro atoms. The van der Waals surface area contributed by atoms with E-state index in [1.807, 2.05) is 48.5 Å². The van der Waals surface area contributed by atoms with E-state index in [1.54, 1.807) is 37.6 Å². The van der Waals surface area contributed by atoms with Crippen LogP contribution in [0.15, 0.2) is 77.9 Å². The van der Waals surface area contributed by atoms with Gasteiger partial charge in [-0.1, -0.05) is 12.1 Å². The number of amides is 2. The van der Waals surface area contributed by atoms with Gasteiger partial charge >= 0.3 is 0 Å². The fourth-order valence-electron chi connectivity index (χ4n) is 2.68. The third kappa shape index (κ3) is 6.71. The third-order valence-corrected chi connectivity index (χ3v) is 4.29. The third-order valence-electron chi connectivity index (χ3n) is 4.29. The van der Waals surface area contributed by atoms with Crippen LogP contribution in [0.4, 0.5) is 5.69 Å². The SMILES string of the molecule is COc1ccc(COc2ccc(C=NNC(=O)c3ccc(NC(C)=O)cc3)cc2)cc1. The van der Waals surface area contributed by atoms with Crippen molar-refractivity contribution >= 4 is 23.7 Å². The van der Waals surface area contributed by atoms with Crippen LogP contribution in [0.2, 0.25) is 0 Å². The molecule has 158 valence electrons. The van der Waals surface area contributed by atoms with Crippen molar-refractivity contribution in [2.45, 2.75) is 13.5 Å². The lowest BCUT2D eigenvalue weighted by Gasteiger charge is -2.07. The fourth-order valence-corrected chi connectivity index (χ4v) is 2.68. The first kappa shape index (κ1) is 21.6. The largest absolute Gasteiger partial charge is 0.497 e. The Morgan fingerprint density at radius 1 is 0.903 bits per heavy atom. The molecule has 0 atom stereocenters. The highest BCUT2D eigenvalue weighted by Crippen LogP contribution is 2.16. The number of hydrazone groups is 1. The van der Waals surface area contributed by atoms with Crippen molar-refractivity contribution < 1.29 is 19.1 Å². The average molecular weight is 417 g/mol. The van der Waals surface area contributed by atoms with Crippen molar-refractivity contribution in [2.24, 2.45) is 5.10 Å². The predicted octanol–water partition coefficient (Wildman–Crippen LogP) is 4.00. The molecule has 3 aromatic carbocycles. The van der Waals surface area contributed by atoms with Gasteiger partial charge in [-0.25, -0.2) is 5.43 Å². The second kappa shape index (κ2) is 10.6. The van der Waals surface area contributed by atoms with Gasteiger partial charge in [-0.05, 0) is 71.8 Å². The molecule has 0 saturated carbocycles. The quantitative estimate of drug-likeness (QED) is 0.428. The Labute approximate surface area is 180 Å². The molecule has 31 heavy (non-hydrogen) atoms. The molecule has 7 heteroatoms. The van der Waals surface area contributed by atoms with Crippen LogP contribution in [0, 0.1) is 0 Å². The van der Waals surface area contributed by atoms with E-state index in [2.05, 4.69) is 15.8 Å². The summed E-state index contributed by atoms with van der Waals surface area (Å²) in [6.45, 7) is 1.88. The normalized spacial score (nSPS) is 10.5. The van der Waals surface area contributed by atoms with Gasteiger partial charge in [0.05, 0.1) is 13.3 Å². The van der Waals surface area contributed by atoms with Crippen molar-refractivity contribution in [3.8, 4) is 11.5 Å². The lowest BCUT2D eigenvalue weighted by atomic mass is 10.2. The summed E-state index contributed by atoms with van der Waals surface area (Å²) in [5, 5.41) is 6.63. The van der Waals surface area contributed by atoms with E-state index >= 15 is 0 Å². The number of nitrogens with one attached hydrogen (secondary N) is 2. The highest BCUT2D eigenvalue weighted by molar-refractivity contribution is 5.96. The summed E-state index contributed by atoms with van der Waals surface area (Å²) in [7, 11) is 1.63. The van der Waals surface area contributed by atoms with Crippen molar-refractivity contribution in [2.75, 3.05) is 12.4 Å². The highest BCUT2D eigenvalue weighted by Gasteiger charge is 2.04. The van der Waals surface area contributed by atoms with Crippen LogP contribution in [0.3, 0.4) is 0 Å². The molecule has 0 unspecified atom stereocenters. The average Bonchev–Trinajstić information content (AvgIpc) is 2.79. The van der Waals surface area contributed by atoms with Crippen LogP contribution in [-0.2, 0) is 11.4 Å². The molecular weight excluding hydrogens is 394 g/mol. The number of benzene rings is 3. The Morgan fingerprint density at radius 2 is 1.55 bits per heavy atom. The van der Waals surface area contributed by atoms with Gasteiger partial charge < -0.3 is 14.8 Å². The first-order valence-corrected chi connectivity index (χ1v) is 9.60.